The number of fused-ring (bicyclic) bond motifs is 1. The van der Waals surface area contributed by atoms with E-state index >= 15 is 0 Å². The van der Waals surface area contributed by atoms with Gasteiger partial charge in [-0.1, -0.05) is 62.9 Å². The highest BCUT2D eigenvalue weighted by atomic mass is 32.2. The molecule has 1 unspecified atom stereocenters. The maximum atomic E-state index is 13.9. The lowest BCUT2D eigenvalue weighted by Crippen LogP contribution is -2.58. The molecule has 0 spiro atoms. The number of primary amides is 1. The lowest BCUT2D eigenvalue weighted by molar-refractivity contribution is -0.144. The van der Waals surface area contributed by atoms with Crippen molar-refractivity contribution in [2.24, 2.45) is 11.1 Å². The van der Waals surface area contributed by atoms with Crippen LogP contribution < -0.4 is 21.7 Å². The van der Waals surface area contributed by atoms with Crippen molar-refractivity contribution in [2.75, 3.05) is 57.8 Å². The van der Waals surface area contributed by atoms with Gasteiger partial charge in [-0.3, -0.25) is 19.2 Å². The number of anilines is 2. The standard InChI is InChI=1S/C43H54N10O8S2/c1-26-36(63-25-46-26)28-11-9-27(10-12-28)22-45-40(57)33-21-29(54)23-53(33)41(58)37(43(2,3)4)48-34(55)24-61-20-19-60-18-17-59-16-15-52-14-13-30-31(7-6-8-32(30)52)47-39-35(38(44)56)50-51-42(49-39)62-5/h6-14,25,29,33,37,54H,15-24H2,1-5H3,(H2,44,56)(H,45,57)(H,48,55)(H,47,49,51)/t29-,33+,37?/m1/s1. The number of aromatic nitrogens is 5. The molecule has 4 amide bonds. The number of carbonyl (C=O) groups excluding carboxylic acids is 4. The summed E-state index contributed by atoms with van der Waals surface area (Å²) in [6.45, 7) is 9.42. The molecule has 5 aromatic rings. The van der Waals surface area contributed by atoms with Crippen molar-refractivity contribution in [1.82, 2.24) is 40.3 Å². The van der Waals surface area contributed by atoms with E-state index < -0.39 is 41.3 Å². The number of nitrogens with zero attached hydrogens (tertiary/aromatic N) is 6. The van der Waals surface area contributed by atoms with E-state index in [-0.39, 0.29) is 56.7 Å². The first-order valence-electron chi connectivity index (χ1n) is 20.4. The second-order valence-corrected chi connectivity index (χ2v) is 17.6. The van der Waals surface area contributed by atoms with Gasteiger partial charge in [0.15, 0.2) is 11.5 Å². The Morgan fingerprint density at radius 3 is 2.41 bits per heavy atom. The summed E-state index contributed by atoms with van der Waals surface area (Å²) in [6.07, 6.45) is 2.98. The van der Waals surface area contributed by atoms with Gasteiger partial charge in [0.05, 0.1) is 60.7 Å². The fourth-order valence-corrected chi connectivity index (χ4v) is 8.17. The first-order valence-corrected chi connectivity index (χ1v) is 22.6. The number of thioether (sulfide) groups is 1. The van der Waals surface area contributed by atoms with Crippen LogP contribution in [0.2, 0.25) is 0 Å². The Bertz CT molecular complexity index is 2370. The zero-order valence-corrected chi connectivity index (χ0v) is 37.6. The molecule has 0 bridgehead atoms. The molecule has 3 atom stereocenters. The molecular weight excluding hydrogens is 849 g/mol. The minimum atomic E-state index is -0.972. The molecule has 20 heteroatoms. The van der Waals surface area contributed by atoms with Crippen LogP contribution in [0.25, 0.3) is 21.3 Å². The quantitative estimate of drug-likeness (QED) is 0.0522. The molecule has 1 saturated heterocycles. The molecule has 1 fully saturated rings. The molecule has 18 nitrogen and oxygen atoms in total. The Hall–Kier alpha value is -5.51. The van der Waals surface area contributed by atoms with Crippen molar-refractivity contribution >= 4 is 69.1 Å². The molecule has 1 aliphatic heterocycles. The van der Waals surface area contributed by atoms with Gasteiger partial charge >= 0.3 is 0 Å². The summed E-state index contributed by atoms with van der Waals surface area (Å²) in [5.74, 6) is -1.82. The van der Waals surface area contributed by atoms with E-state index in [2.05, 4.69) is 40.7 Å². The van der Waals surface area contributed by atoms with E-state index in [0.29, 0.717) is 31.5 Å². The van der Waals surface area contributed by atoms with Crippen LogP contribution in [0.1, 0.15) is 48.9 Å². The number of rotatable bonds is 21. The van der Waals surface area contributed by atoms with Crippen molar-refractivity contribution < 1.29 is 38.5 Å². The summed E-state index contributed by atoms with van der Waals surface area (Å²) in [5, 5.41) is 28.6. The number of thiazole rings is 1. The number of aryl methyl sites for hydroxylation is 1. The van der Waals surface area contributed by atoms with Gasteiger partial charge in [-0.25, -0.2) is 9.97 Å². The van der Waals surface area contributed by atoms with Crippen LogP contribution in [-0.4, -0.2) is 129 Å². The zero-order valence-electron chi connectivity index (χ0n) is 36.0. The molecule has 6 rings (SSSR count). The molecule has 336 valence electrons. The molecule has 2 aromatic carbocycles. The van der Waals surface area contributed by atoms with Gasteiger partial charge in [0.2, 0.25) is 22.9 Å². The third kappa shape index (κ3) is 12.4. The minimum absolute atomic E-state index is 0.0215. The second-order valence-electron chi connectivity index (χ2n) is 16.0. The van der Waals surface area contributed by atoms with Crippen LogP contribution in [0.15, 0.2) is 65.4 Å². The topological polar surface area (TPSA) is 238 Å². The number of hydrogen-bond donors (Lipinski definition) is 5. The Morgan fingerprint density at radius 1 is 1.00 bits per heavy atom. The van der Waals surface area contributed by atoms with Gasteiger partial charge < -0.3 is 50.5 Å². The minimum Gasteiger partial charge on any atom is -0.391 e. The number of nitrogens with one attached hydrogen (secondary N) is 3. The molecule has 0 radical (unpaired) electrons. The van der Waals surface area contributed by atoms with Gasteiger partial charge in [-0.2, -0.15) is 0 Å². The lowest BCUT2D eigenvalue weighted by atomic mass is 9.85. The maximum Gasteiger partial charge on any atom is 0.273 e. The average molecular weight is 903 g/mol. The third-order valence-corrected chi connectivity index (χ3v) is 11.8. The van der Waals surface area contributed by atoms with E-state index in [1.807, 2.05) is 94.2 Å². The third-order valence-electron chi connectivity index (χ3n) is 10.3. The molecule has 0 aliphatic carbocycles. The first kappa shape index (κ1) is 47.0. The summed E-state index contributed by atoms with van der Waals surface area (Å²) in [4.78, 5) is 63.4. The lowest BCUT2D eigenvalue weighted by Gasteiger charge is -2.35. The summed E-state index contributed by atoms with van der Waals surface area (Å²) in [5.41, 5.74) is 11.1. The molecule has 6 N–H and O–H groups in total. The number of nitrogens with two attached hydrogens (primary N) is 1. The summed E-state index contributed by atoms with van der Waals surface area (Å²) >= 11 is 2.87. The van der Waals surface area contributed by atoms with Crippen LogP contribution in [0.4, 0.5) is 11.5 Å². The number of benzene rings is 2. The first-order chi connectivity index (χ1) is 30.2. The van der Waals surface area contributed by atoms with Crippen molar-refractivity contribution in [3.63, 3.8) is 0 Å². The second kappa shape index (κ2) is 21.7. The van der Waals surface area contributed by atoms with Crippen molar-refractivity contribution in [2.45, 2.75) is 70.5 Å². The largest absolute Gasteiger partial charge is 0.391 e. The molecule has 4 heterocycles. The van der Waals surface area contributed by atoms with Crippen molar-refractivity contribution in [3.8, 4) is 10.4 Å². The van der Waals surface area contributed by atoms with Gasteiger partial charge in [-0.15, -0.1) is 21.5 Å². The number of aliphatic hydroxyl groups excluding tert-OH is 1. The number of ether oxygens (including phenoxy) is 3. The molecule has 63 heavy (non-hydrogen) atoms. The SMILES string of the molecule is CSc1nnc(C(N)=O)c(Nc2cccc3c2ccn3CCOCCOCCOCC(=O)NC(C(=O)N2C[C@H](O)C[C@H]2C(=O)NCc2ccc(-c3scnc3C)cc2)C(C)(C)C)n1. The van der Waals surface area contributed by atoms with Gasteiger partial charge in [0.1, 0.15) is 18.7 Å². The van der Waals surface area contributed by atoms with Crippen molar-refractivity contribution in [3.05, 3.63) is 77.2 Å². The van der Waals surface area contributed by atoms with Crippen LogP contribution in [0, 0.1) is 12.3 Å². The number of amides is 4. The predicted molar refractivity (Wildman–Crippen MR) is 239 cm³/mol. The fraction of sp³-hybridized carbons (Fsp3) is 0.442. The average Bonchev–Trinajstić information content (AvgIpc) is 4.00. The van der Waals surface area contributed by atoms with Gasteiger partial charge in [-0.05, 0) is 47.9 Å². The highest BCUT2D eigenvalue weighted by Crippen LogP contribution is 2.30. The van der Waals surface area contributed by atoms with Gasteiger partial charge in [0, 0.05) is 43.3 Å². The van der Waals surface area contributed by atoms with Crippen LogP contribution >= 0.6 is 23.1 Å². The zero-order chi connectivity index (χ0) is 45.1. The Morgan fingerprint density at radius 2 is 1.73 bits per heavy atom. The number of β-amino-alcohol motifs (C(OH)–C–C–N with tert-alkyl or cyclic N) is 1. The molecular formula is C43H54N10O8S2. The van der Waals surface area contributed by atoms with Crippen LogP contribution in [0.3, 0.4) is 0 Å². The predicted octanol–water partition coefficient (Wildman–Crippen LogP) is 3.68. The smallest absolute Gasteiger partial charge is 0.273 e. The van der Waals surface area contributed by atoms with Crippen LogP contribution in [0.5, 0.6) is 0 Å². The van der Waals surface area contributed by atoms with Crippen LogP contribution in [-0.2, 0) is 41.7 Å². The molecule has 3 aromatic heterocycles. The summed E-state index contributed by atoms with van der Waals surface area (Å²) in [6, 6.07) is 13.7. The number of likely N-dealkylation sites (tertiary alicyclic amines) is 1. The highest BCUT2D eigenvalue weighted by Gasteiger charge is 2.44. The van der Waals surface area contributed by atoms with E-state index in [1.54, 1.807) is 11.3 Å². The molecule has 0 saturated carbocycles. The number of hydrogen-bond acceptors (Lipinski definition) is 15. The Labute approximate surface area is 373 Å². The van der Waals surface area contributed by atoms with E-state index in [4.69, 9.17) is 19.9 Å². The summed E-state index contributed by atoms with van der Waals surface area (Å²) < 4.78 is 19.0. The monoisotopic (exact) mass is 902 g/mol. The van der Waals surface area contributed by atoms with E-state index in [0.717, 1.165) is 38.3 Å². The Kier molecular flexibility index (Phi) is 16.2. The highest BCUT2D eigenvalue weighted by molar-refractivity contribution is 7.98. The van der Waals surface area contributed by atoms with Gasteiger partial charge in [0.25, 0.3) is 5.91 Å². The maximum absolute atomic E-state index is 13.9. The Balaban J connectivity index is 0.887. The molecule has 1 aliphatic rings. The fourth-order valence-electron chi connectivity index (χ4n) is 7.06. The normalized spacial score (nSPS) is 15.7. The number of aliphatic hydroxyl groups is 1. The van der Waals surface area contributed by atoms with E-state index in [1.165, 1.54) is 16.7 Å². The van der Waals surface area contributed by atoms with E-state index in [9.17, 15) is 24.3 Å². The van der Waals surface area contributed by atoms with Crippen molar-refractivity contribution in [1.29, 1.82) is 0 Å². The summed E-state index contributed by atoms with van der Waals surface area (Å²) in [7, 11) is 0. The number of carbonyl (C=O) groups is 4.